The van der Waals surface area contributed by atoms with E-state index in [1.807, 2.05) is 4.90 Å². The molecule has 2 amide bonds. The maximum atomic E-state index is 13.6. The number of amides is 2. The Balaban J connectivity index is 1.44. The van der Waals surface area contributed by atoms with Gasteiger partial charge in [-0.05, 0) is 31.7 Å². The standard InChI is InChI=1S/C20H27FN2O2/c21-18-9-5-4-8-17(18)14-22-19(24)15-10-12-23(13-11-15)20(25)16-6-2-1-3-7-16/h4-5,8-9,15-16H,1-3,6-7,10-14H2,(H,22,24). The third kappa shape index (κ3) is 4.59. The number of carbonyl (C=O) groups excluding carboxylic acids is 2. The van der Waals surface area contributed by atoms with Crippen LogP contribution in [0.2, 0.25) is 0 Å². The number of carbonyl (C=O) groups is 2. The van der Waals surface area contributed by atoms with Gasteiger partial charge in [0.1, 0.15) is 5.82 Å². The minimum atomic E-state index is -0.296. The maximum Gasteiger partial charge on any atom is 0.225 e. The van der Waals surface area contributed by atoms with Crippen LogP contribution in [0.25, 0.3) is 0 Å². The van der Waals surface area contributed by atoms with E-state index in [0.717, 1.165) is 25.7 Å². The highest BCUT2D eigenvalue weighted by molar-refractivity contribution is 5.81. The van der Waals surface area contributed by atoms with Crippen LogP contribution in [0.1, 0.15) is 50.5 Å². The van der Waals surface area contributed by atoms with Crippen molar-refractivity contribution in [2.75, 3.05) is 13.1 Å². The van der Waals surface area contributed by atoms with Crippen molar-refractivity contribution < 1.29 is 14.0 Å². The average molecular weight is 346 g/mol. The summed E-state index contributed by atoms with van der Waals surface area (Å²) in [4.78, 5) is 26.8. The number of benzene rings is 1. The van der Waals surface area contributed by atoms with Gasteiger partial charge in [0.25, 0.3) is 0 Å². The number of halogens is 1. The zero-order chi connectivity index (χ0) is 17.6. The van der Waals surface area contributed by atoms with E-state index in [-0.39, 0.29) is 36.0 Å². The van der Waals surface area contributed by atoms with Gasteiger partial charge >= 0.3 is 0 Å². The molecular weight excluding hydrogens is 319 g/mol. The first kappa shape index (κ1) is 17.9. The van der Waals surface area contributed by atoms with E-state index in [9.17, 15) is 14.0 Å². The summed E-state index contributed by atoms with van der Waals surface area (Å²) >= 11 is 0. The minimum Gasteiger partial charge on any atom is -0.352 e. The van der Waals surface area contributed by atoms with E-state index < -0.39 is 0 Å². The Morgan fingerprint density at radius 2 is 1.68 bits per heavy atom. The van der Waals surface area contributed by atoms with E-state index in [0.29, 0.717) is 31.5 Å². The lowest BCUT2D eigenvalue weighted by atomic mass is 9.87. The lowest BCUT2D eigenvalue weighted by molar-refractivity contribution is -0.140. The third-order valence-electron chi connectivity index (χ3n) is 5.54. The summed E-state index contributed by atoms with van der Waals surface area (Å²) in [5.74, 6) is 0.0657. The van der Waals surface area contributed by atoms with E-state index >= 15 is 0 Å². The van der Waals surface area contributed by atoms with Crippen molar-refractivity contribution in [2.24, 2.45) is 11.8 Å². The molecule has 2 aliphatic rings. The monoisotopic (exact) mass is 346 g/mol. The Bertz CT molecular complexity index is 605. The van der Waals surface area contributed by atoms with Gasteiger partial charge in [-0.25, -0.2) is 4.39 Å². The van der Waals surface area contributed by atoms with Crippen molar-refractivity contribution in [1.82, 2.24) is 10.2 Å². The summed E-state index contributed by atoms with van der Waals surface area (Å²) in [6.07, 6.45) is 6.98. The van der Waals surface area contributed by atoms with Gasteiger partial charge < -0.3 is 10.2 Å². The minimum absolute atomic E-state index is 0.0342. The van der Waals surface area contributed by atoms with Crippen molar-refractivity contribution in [3.05, 3.63) is 35.6 Å². The SMILES string of the molecule is O=C(NCc1ccccc1F)C1CCN(C(=O)C2CCCCC2)CC1. The van der Waals surface area contributed by atoms with Crippen LogP contribution in [-0.2, 0) is 16.1 Å². The van der Waals surface area contributed by atoms with Crippen LogP contribution in [0.3, 0.4) is 0 Å². The van der Waals surface area contributed by atoms with Crippen LogP contribution in [0.5, 0.6) is 0 Å². The fraction of sp³-hybridized carbons (Fsp3) is 0.600. The van der Waals surface area contributed by atoms with Gasteiger partial charge in [0, 0.05) is 37.0 Å². The fourth-order valence-corrected chi connectivity index (χ4v) is 3.94. The summed E-state index contributed by atoms with van der Waals surface area (Å²) in [7, 11) is 0. The maximum absolute atomic E-state index is 13.6. The van der Waals surface area contributed by atoms with Crippen molar-refractivity contribution in [1.29, 1.82) is 0 Å². The van der Waals surface area contributed by atoms with Gasteiger partial charge in [0.2, 0.25) is 11.8 Å². The number of hydrogen-bond donors (Lipinski definition) is 1. The molecule has 1 aromatic rings. The van der Waals surface area contributed by atoms with Gasteiger partial charge in [-0.1, -0.05) is 37.5 Å². The highest BCUT2D eigenvalue weighted by Crippen LogP contribution is 2.27. The molecule has 1 aliphatic heterocycles. The molecule has 25 heavy (non-hydrogen) atoms. The van der Waals surface area contributed by atoms with E-state index in [4.69, 9.17) is 0 Å². The summed E-state index contributed by atoms with van der Waals surface area (Å²) in [5, 5.41) is 2.83. The topological polar surface area (TPSA) is 49.4 Å². The summed E-state index contributed by atoms with van der Waals surface area (Å²) in [5.41, 5.74) is 0.501. The highest BCUT2D eigenvalue weighted by Gasteiger charge is 2.31. The highest BCUT2D eigenvalue weighted by atomic mass is 19.1. The van der Waals surface area contributed by atoms with Crippen molar-refractivity contribution in [3.8, 4) is 0 Å². The van der Waals surface area contributed by atoms with Crippen molar-refractivity contribution in [3.63, 3.8) is 0 Å². The summed E-state index contributed by atoms with van der Waals surface area (Å²) in [6.45, 7) is 1.53. The Hall–Kier alpha value is -1.91. The third-order valence-corrected chi connectivity index (χ3v) is 5.54. The predicted molar refractivity (Wildman–Crippen MR) is 94.1 cm³/mol. The summed E-state index contributed by atoms with van der Waals surface area (Å²) in [6, 6.07) is 6.48. The molecule has 1 aromatic carbocycles. The molecule has 4 nitrogen and oxygen atoms in total. The molecule has 2 fully saturated rings. The number of hydrogen-bond acceptors (Lipinski definition) is 2. The van der Waals surface area contributed by atoms with Gasteiger partial charge in [0.05, 0.1) is 0 Å². The molecule has 1 heterocycles. The van der Waals surface area contributed by atoms with E-state index in [1.54, 1.807) is 18.2 Å². The number of likely N-dealkylation sites (tertiary alicyclic amines) is 1. The second kappa shape index (κ2) is 8.45. The Morgan fingerprint density at radius 3 is 2.36 bits per heavy atom. The van der Waals surface area contributed by atoms with Gasteiger partial charge in [0.15, 0.2) is 0 Å². The fourth-order valence-electron chi connectivity index (χ4n) is 3.94. The molecule has 0 spiro atoms. The predicted octanol–water partition coefficient (Wildman–Crippen LogP) is 3.26. The number of nitrogens with zero attached hydrogens (tertiary/aromatic N) is 1. The van der Waals surface area contributed by atoms with E-state index in [2.05, 4.69) is 5.32 Å². The molecule has 136 valence electrons. The van der Waals surface area contributed by atoms with Gasteiger partial charge in [-0.2, -0.15) is 0 Å². The molecule has 1 N–H and O–H groups in total. The smallest absolute Gasteiger partial charge is 0.225 e. The second-order valence-corrected chi connectivity index (χ2v) is 7.24. The molecule has 0 bridgehead atoms. The van der Waals surface area contributed by atoms with Crippen LogP contribution in [0.15, 0.2) is 24.3 Å². The molecule has 0 atom stereocenters. The molecule has 0 aromatic heterocycles. The van der Waals surface area contributed by atoms with Crippen LogP contribution in [-0.4, -0.2) is 29.8 Å². The van der Waals surface area contributed by atoms with E-state index in [1.165, 1.54) is 12.5 Å². The zero-order valence-electron chi connectivity index (χ0n) is 14.7. The number of piperidine rings is 1. The van der Waals surface area contributed by atoms with Crippen LogP contribution < -0.4 is 5.32 Å². The lowest BCUT2D eigenvalue weighted by Gasteiger charge is -2.34. The van der Waals surface area contributed by atoms with Crippen molar-refractivity contribution in [2.45, 2.75) is 51.5 Å². The second-order valence-electron chi connectivity index (χ2n) is 7.24. The lowest BCUT2D eigenvalue weighted by Crippen LogP contribution is -2.45. The Kier molecular flexibility index (Phi) is 6.05. The van der Waals surface area contributed by atoms with Crippen LogP contribution in [0.4, 0.5) is 4.39 Å². The normalized spacial score (nSPS) is 19.6. The zero-order valence-corrected chi connectivity index (χ0v) is 14.7. The quantitative estimate of drug-likeness (QED) is 0.910. The molecule has 0 radical (unpaired) electrons. The molecule has 1 aliphatic carbocycles. The number of rotatable bonds is 4. The van der Waals surface area contributed by atoms with Crippen LogP contribution in [0, 0.1) is 17.7 Å². The first-order chi connectivity index (χ1) is 12.1. The molecule has 5 heteroatoms. The molecule has 3 rings (SSSR count). The molecule has 1 saturated carbocycles. The average Bonchev–Trinajstić information content (AvgIpc) is 2.67. The molecule has 0 unspecified atom stereocenters. The first-order valence-electron chi connectivity index (χ1n) is 9.45. The summed E-state index contributed by atoms with van der Waals surface area (Å²) < 4.78 is 13.6. The van der Waals surface area contributed by atoms with Crippen LogP contribution >= 0.6 is 0 Å². The Labute approximate surface area is 148 Å². The number of nitrogens with one attached hydrogen (secondary N) is 1. The van der Waals surface area contributed by atoms with Gasteiger partial charge in [-0.15, -0.1) is 0 Å². The van der Waals surface area contributed by atoms with Gasteiger partial charge in [-0.3, -0.25) is 9.59 Å². The largest absolute Gasteiger partial charge is 0.352 e. The Morgan fingerprint density at radius 1 is 1.00 bits per heavy atom. The molecule has 1 saturated heterocycles. The molecular formula is C20H27FN2O2. The van der Waals surface area contributed by atoms with Crippen molar-refractivity contribution >= 4 is 11.8 Å². The first-order valence-corrected chi connectivity index (χ1v) is 9.45.